The zero-order chi connectivity index (χ0) is 29.1. The minimum absolute atomic E-state index is 0.0133. The summed E-state index contributed by atoms with van der Waals surface area (Å²) in [6.07, 6.45) is 1.34. The number of nitrogens with two attached hydrogens (primary N) is 1. The number of methoxy groups -OCH3 is 1. The molecule has 0 atom stereocenters. The fourth-order valence-electron chi connectivity index (χ4n) is 3.81. The van der Waals surface area contributed by atoms with Gasteiger partial charge in [-0.05, 0) is 58.3 Å². The molecular formula is C26H18ClF2N7O5. The van der Waals surface area contributed by atoms with Crippen LogP contribution in [-0.2, 0) is 11.3 Å². The zero-order valence-electron chi connectivity index (χ0n) is 21.0. The maximum Gasteiger partial charge on any atom is 0.345 e. The van der Waals surface area contributed by atoms with Crippen LogP contribution < -0.4 is 20.6 Å². The zero-order valence-corrected chi connectivity index (χ0v) is 21.7. The molecular weight excluding hydrogens is 564 g/mol. The third kappa shape index (κ3) is 5.67. The number of nitrogen functional groups attached to an aromatic ring is 1. The van der Waals surface area contributed by atoms with E-state index in [9.17, 15) is 18.4 Å². The molecule has 0 saturated carbocycles. The molecule has 41 heavy (non-hydrogen) atoms. The quantitative estimate of drug-likeness (QED) is 0.0908. The van der Waals surface area contributed by atoms with E-state index >= 15 is 0 Å². The van der Waals surface area contributed by atoms with Crippen LogP contribution in [0.5, 0.6) is 11.5 Å². The number of para-hydroxylation sites is 2. The highest BCUT2D eigenvalue weighted by molar-refractivity contribution is 6.33. The number of imidazole rings is 1. The summed E-state index contributed by atoms with van der Waals surface area (Å²) in [4.78, 5) is 29.7. The van der Waals surface area contributed by atoms with Crippen molar-refractivity contribution in [2.75, 3.05) is 12.8 Å². The number of fused-ring (bicyclic) bond motifs is 1. The van der Waals surface area contributed by atoms with Gasteiger partial charge in [0, 0.05) is 0 Å². The van der Waals surface area contributed by atoms with Crippen molar-refractivity contribution in [3.63, 3.8) is 0 Å². The smallest absolute Gasteiger partial charge is 0.345 e. The Hall–Kier alpha value is -5.37. The Morgan fingerprint density at radius 2 is 1.90 bits per heavy atom. The van der Waals surface area contributed by atoms with Gasteiger partial charge in [-0.15, -0.1) is 0 Å². The van der Waals surface area contributed by atoms with Crippen LogP contribution in [-0.4, -0.2) is 45.1 Å². The van der Waals surface area contributed by atoms with Crippen molar-refractivity contribution >= 4 is 46.5 Å². The molecule has 12 nitrogen and oxygen atoms in total. The average Bonchev–Trinajstić information content (AvgIpc) is 3.54. The number of benzene rings is 3. The van der Waals surface area contributed by atoms with Gasteiger partial charge in [0.1, 0.15) is 6.54 Å². The number of hydrogen-bond acceptors (Lipinski definition) is 10. The first-order valence-electron chi connectivity index (χ1n) is 11.7. The van der Waals surface area contributed by atoms with E-state index < -0.39 is 23.5 Å². The molecule has 0 bridgehead atoms. The van der Waals surface area contributed by atoms with Crippen LogP contribution in [0.15, 0.2) is 64.3 Å². The molecule has 5 aromatic rings. The highest BCUT2D eigenvalue weighted by atomic mass is 35.5. The number of carbonyl (C=O) groups excluding carboxylic acids is 2. The second-order valence-corrected chi connectivity index (χ2v) is 8.75. The van der Waals surface area contributed by atoms with Gasteiger partial charge >= 0.3 is 5.97 Å². The number of hydrogen-bond donors (Lipinski definition) is 2. The van der Waals surface area contributed by atoms with E-state index in [1.165, 1.54) is 31.5 Å². The van der Waals surface area contributed by atoms with E-state index in [4.69, 9.17) is 26.8 Å². The van der Waals surface area contributed by atoms with Gasteiger partial charge in [-0.1, -0.05) is 23.7 Å². The normalized spacial score (nSPS) is 11.2. The number of amides is 1. The molecule has 0 aliphatic carbocycles. The van der Waals surface area contributed by atoms with Crippen LogP contribution >= 0.6 is 11.6 Å². The Morgan fingerprint density at radius 1 is 1.12 bits per heavy atom. The number of carbonyl (C=O) groups is 2. The van der Waals surface area contributed by atoms with E-state index in [1.807, 2.05) is 0 Å². The molecule has 0 spiro atoms. The molecule has 0 fully saturated rings. The monoisotopic (exact) mass is 581 g/mol. The van der Waals surface area contributed by atoms with E-state index in [-0.39, 0.29) is 40.1 Å². The number of nitrogens with one attached hydrogen (secondary N) is 1. The number of esters is 1. The van der Waals surface area contributed by atoms with Crippen LogP contribution in [0.2, 0.25) is 5.02 Å². The third-order valence-corrected chi connectivity index (χ3v) is 6.02. The summed E-state index contributed by atoms with van der Waals surface area (Å²) in [5, 5.41) is 11.0. The lowest BCUT2D eigenvalue weighted by Gasteiger charge is -2.11. The van der Waals surface area contributed by atoms with E-state index in [2.05, 4.69) is 30.5 Å². The minimum atomic E-state index is -1.25. The van der Waals surface area contributed by atoms with Gasteiger partial charge in [-0.25, -0.2) is 28.6 Å². The van der Waals surface area contributed by atoms with E-state index in [1.54, 1.807) is 28.8 Å². The summed E-state index contributed by atoms with van der Waals surface area (Å²) >= 11 is 5.85. The van der Waals surface area contributed by atoms with E-state index in [0.717, 1.165) is 0 Å². The van der Waals surface area contributed by atoms with Crippen molar-refractivity contribution in [2.24, 2.45) is 5.10 Å². The molecule has 0 aliphatic rings. The molecule has 5 rings (SSSR count). The maximum atomic E-state index is 13.6. The van der Waals surface area contributed by atoms with Crippen LogP contribution in [0.1, 0.15) is 15.9 Å². The first-order chi connectivity index (χ1) is 19.7. The largest absolute Gasteiger partial charge is 0.493 e. The predicted octanol–water partition coefficient (Wildman–Crippen LogP) is 3.98. The van der Waals surface area contributed by atoms with Crippen molar-refractivity contribution in [1.82, 2.24) is 25.3 Å². The Balaban J connectivity index is 1.29. The molecule has 0 radical (unpaired) electrons. The summed E-state index contributed by atoms with van der Waals surface area (Å²) in [5.74, 6) is -3.52. The van der Waals surface area contributed by atoms with Gasteiger partial charge in [0.25, 0.3) is 5.91 Å². The van der Waals surface area contributed by atoms with Gasteiger partial charge in [0.15, 0.2) is 40.5 Å². The Bertz CT molecular complexity index is 1820. The summed E-state index contributed by atoms with van der Waals surface area (Å²) in [5.41, 5.74) is 9.83. The summed E-state index contributed by atoms with van der Waals surface area (Å²) < 4.78 is 43.7. The summed E-state index contributed by atoms with van der Waals surface area (Å²) in [6, 6.07) is 12.9. The number of rotatable bonds is 8. The van der Waals surface area contributed by atoms with Crippen molar-refractivity contribution < 1.29 is 32.5 Å². The SMILES string of the molecule is COc1cc(/C=N\NC(=O)Cn2c(-c3nonc3N)nc3ccccc32)ccc1OC(=O)c1cc(F)c(F)cc1Cl. The highest BCUT2D eigenvalue weighted by Crippen LogP contribution is 2.30. The number of anilines is 1. The number of nitrogens with zero attached hydrogens (tertiary/aromatic N) is 5. The number of ether oxygens (including phenoxy) is 2. The lowest BCUT2D eigenvalue weighted by molar-refractivity contribution is -0.121. The Kier molecular flexibility index (Phi) is 7.56. The fourth-order valence-corrected chi connectivity index (χ4v) is 4.03. The molecule has 2 aromatic heterocycles. The van der Waals surface area contributed by atoms with Crippen molar-refractivity contribution in [3.8, 4) is 23.0 Å². The summed E-state index contributed by atoms with van der Waals surface area (Å²) in [7, 11) is 1.34. The molecule has 0 unspecified atom stereocenters. The van der Waals surface area contributed by atoms with Gasteiger partial charge in [-0.3, -0.25) is 4.79 Å². The standard InChI is InChI=1S/C26H18ClF2N7O5/c1-39-21-8-13(6-7-20(21)40-26(38)14-9-16(28)17(29)10-15(14)27)11-31-33-22(37)12-36-19-5-3-2-4-18(19)32-25(36)23-24(30)35-41-34-23/h2-11H,12H2,1H3,(H2,30,35)(H,33,37)/b31-11-. The van der Waals surface area contributed by atoms with Crippen LogP contribution in [0.4, 0.5) is 14.6 Å². The average molecular weight is 582 g/mol. The van der Waals surface area contributed by atoms with Crippen LogP contribution in [0.3, 0.4) is 0 Å². The topological polar surface area (TPSA) is 160 Å². The molecule has 0 aliphatic heterocycles. The number of aromatic nitrogens is 4. The molecule has 3 aromatic carbocycles. The molecule has 15 heteroatoms. The second kappa shape index (κ2) is 11.4. The lowest BCUT2D eigenvalue weighted by Crippen LogP contribution is -2.23. The van der Waals surface area contributed by atoms with Crippen LogP contribution in [0, 0.1) is 11.6 Å². The van der Waals surface area contributed by atoms with Crippen molar-refractivity contribution in [3.05, 3.63) is 82.4 Å². The van der Waals surface area contributed by atoms with E-state index in [0.29, 0.717) is 34.6 Å². The Labute approximate surface area is 234 Å². The van der Waals surface area contributed by atoms with Crippen molar-refractivity contribution in [2.45, 2.75) is 6.54 Å². The first kappa shape index (κ1) is 27.2. The first-order valence-corrected chi connectivity index (χ1v) is 12.0. The van der Waals surface area contributed by atoms with Gasteiger partial charge in [0.2, 0.25) is 0 Å². The second-order valence-electron chi connectivity index (χ2n) is 8.35. The number of halogens is 3. The molecule has 208 valence electrons. The number of hydrazone groups is 1. The predicted molar refractivity (Wildman–Crippen MR) is 142 cm³/mol. The lowest BCUT2D eigenvalue weighted by atomic mass is 10.2. The molecule has 2 heterocycles. The minimum Gasteiger partial charge on any atom is -0.493 e. The van der Waals surface area contributed by atoms with Gasteiger partial charge in [0.05, 0.1) is 34.9 Å². The Morgan fingerprint density at radius 3 is 2.66 bits per heavy atom. The maximum absolute atomic E-state index is 13.6. The summed E-state index contributed by atoms with van der Waals surface area (Å²) in [6.45, 7) is -0.176. The van der Waals surface area contributed by atoms with Gasteiger partial charge in [-0.2, -0.15) is 5.10 Å². The molecule has 3 N–H and O–H groups in total. The van der Waals surface area contributed by atoms with Crippen LogP contribution in [0.25, 0.3) is 22.6 Å². The van der Waals surface area contributed by atoms with Crippen molar-refractivity contribution in [1.29, 1.82) is 0 Å². The molecule has 1 amide bonds. The van der Waals surface area contributed by atoms with Gasteiger partial charge < -0.3 is 19.8 Å². The highest BCUT2D eigenvalue weighted by Gasteiger charge is 2.21. The molecule has 0 saturated heterocycles. The fraction of sp³-hybridized carbons (Fsp3) is 0.0769. The third-order valence-electron chi connectivity index (χ3n) is 5.71.